The summed E-state index contributed by atoms with van der Waals surface area (Å²) in [6, 6.07) is 6.78. The van der Waals surface area contributed by atoms with E-state index >= 15 is 0 Å². The average molecular weight is 269 g/mol. The van der Waals surface area contributed by atoms with Crippen LogP contribution in [0.2, 0.25) is 0 Å². The van der Waals surface area contributed by atoms with E-state index in [1.165, 1.54) is 0 Å². The van der Waals surface area contributed by atoms with Gasteiger partial charge in [-0.15, -0.1) is 0 Å². The number of ether oxygens (including phenoxy) is 1. The molecule has 100 valence electrons. The Labute approximate surface area is 109 Å². The van der Waals surface area contributed by atoms with E-state index in [9.17, 15) is 8.42 Å². The number of nitrogens with zero attached hydrogens (tertiary/aromatic N) is 1. The molecule has 1 aromatic rings. The quantitative estimate of drug-likeness (QED) is 0.822. The highest BCUT2D eigenvalue weighted by molar-refractivity contribution is 7.89. The van der Waals surface area contributed by atoms with E-state index in [4.69, 9.17) is 4.74 Å². The Hall–Kier alpha value is -0.910. The second kappa shape index (κ2) is 4.99. The van der Waals surface area contributed by atoms with Crippen LogP contribution in [0.4, 0.5) is 0 Å². The van der Waals surface area contributed by atoms with Gasteiger partial charge in [-0.1, -0.05) is 12.1 Å². The monoisotopic (exact) mass is 269 g/mol. The third-order valence-corrected chi connectivity index (χ3v) is 5.28. The van der Waals surface area contributed by atoms with Crippen molar-refractivity contribution >= 4 is 10.0 Å². The summed E-state index contributed by atoms with van der Waals surface area (Å²) >= 11 is 0. The zero-order valence-corrected chi connectivity index (χ0v) is 11.8. The highest BCUT2D eigenvalue weighted by atomic mass is 32.2. The maximum absolute atomic E-state index is 12.6. The molecule has 1 saturated heterocycles. The molecule has 1 heterocycles. The van der Waals surface area contributed by atoms with E-state index in [0.717, 1.165) is 5.56 Å². The molecular weight excluding hydrogens is 250 g/mol. The maximum atomic E-state index is 12.6. The van der Waals surface area contributed by atoms with Crippen LogP contribution >= 0.6 is 0 Å². The smallest absolute Gasteiger partial charge is 0.243 e. The summed E-state index contributed by atoms with van der Waals surface area (Å²) in [5, 5.41) is 0. The molecule has 0 saturated carbocycles. The van der Waals surface area contributed by atoms with Crippen LogP contribution < -0.4 is 0 Å². The van der Waals surface area contributed by atoms with Gasteiger partial charge < -0.3 is 4.74 Å². The molecule has 0 aromatic heterocycles. The van der Waals surface area contributed by atoms with Crippen molar-refractivity contribution in [2.75, 3.05) is 13.2 Å². The minimum atomic E-state index is -3.43. The van der Waals surface area contributed by atoms with Gasteiger partial charge in [0.15, 0.2) is 0 Å². The van der Waals surface area contributed by atoms with Crippen molar-refractivity contribution in [1.29, 1.82) is 0 Å². The predicted molar refractivity (Wildman–Crippen MR) is 69.9 cm³/mol. The van der Waals surface area contributed by atoms with Gasteiger partial charge in [-0.05, 0) is 38.5 Å². The van der Waals surface area contributed by atoms with E-state index in [-0.39, 0.29) is 12.1 Å². The van der Waals surface area contributed by atoms with Crippen LogP contribution in [0.5, 0.6) is 0 Å². The van der Waals surface area contributed by atoms with Crippen LogP contribution in [-0.2, 0) is 14.8 Å². The Kier molecular flexibility index (Phi) is 3.75. The summed E-state index contributed by atoms with van der Waals surface area (Å²) in [5.74, 6) is 0. The Morgan fingerprint density at radius 1 is 1.22 bits per heavy atom. The maximum Gasteiger partial charge on any atom is 0.243 e. The first-order chi connectivity index (χ1) is 8.43. The molecule has 1 aromatic carbocycles. The number of sulfonamides is 1. The fraction of sp³-hybridized carbons (Fsp3) is 0.538. The SMILES string of the molecule is Cc1cccc(S(=O)(=O)N2C(C)COCC2C)c1. The van der Waals surface area contributed by atoms with E-state index in [1.807, 2.05) is 26.8 Å². The Morgan fingerprint density at radius 2 is 1.83 bits per heavy atom. The van der Waals surface area contributed by atoms with Gasteiger partial charge in [0.2, 0.25) is 10.0 Å². The molecule has 0 amide bonds. The molecule has 0 spiro atoms. The van der Waals surface area contributed by atoms with Gasteiger partial charge in [0.05, 0.1) is 18.1 Å². The summed E-state index contributed by atoms with van der Waals surface area (Å²) in [6.07, 6.45) is 0. The van der Waals surface area contributed by atoms with Crippen molar-refractivity contribution in [2.24, 2.45) is 0 Å². The van der Waals surface area contributed by atoms with Crippen molar-refractivity contribution in [3.63, 3.8) is 0 Å². The molecule has 5 heteroatoms. The number of morpholine rings is 1. The van der Waals surface area contributed by atoms with Crippen LogP contribution in [-0.4, -0.2) is 38.0 Å². The van der Waals surface area contributed by atoms with E-state index in [1.54, 1.807) is 22.5 Å². The van der Waals surface area contributed by atoms with Gasteiger partial charge in [0, 0.05) is 12.1 Å². The summed E-state index contributed by atoms with van der Waals surface area (Å²) < 4.78 is 32.2. The standard InChI is InChI=1S/C13H19NO3S/c1-10-5-4-6-13(7-10)18(15,16)14-11(2)8-17-9-12(14)3/h4-7,11-12H,8-9H2,1-3H3. The van der Waals surface area contributed by atoms with E-state index in [0.29, 0.717) is 18.1 Å². The van der Waals surface area contributed by atoms with Crippen LogP contribution in [0, 0.1) is 6.92 Å². The van der Waals surface area contributed by atoms with Crippen molar-refractivity contribution in [1.82, 2.24) is 4.31 Å². The lowest BCUT2D eigenvalue weighted by Crippen LogP contribution is -2.52. The zero-order chi connectivity index (χ0) is 13.3. The number of aryl methyl sites for hydroxylation is 1. The molecule has 1 aliphatic rings. The molecule has 1 fully saturated rings. The molecule has 0 radical (unpaired) electrons. The lowest BCUT2D eigenvalue weighted by atomic mass is 10.2. The van der Waals surface area contributed by atoms with E-state index in [2.05, 4.69) is 0 Å². The second-order valence-corrected chi connectivity index (χ2v) is 6.73. The molecule has 1 aliphatic heterocycles. The van der Waals surface area contributed by atoms with Crippen LogP contribution in [0.1, 0.15) is 19.4 Å². The van der Waals surface area contributed by atoms with Crippen LogP contribution in [0.15, 0.2) is 29.2 Å². The van der Waals surface area contributed by atoms with Crippen molar-refractivity contribution in [3.05, 3.63) is 29.8 Å². The third-order valence-electron chi connectivity index (χ3n) is 3.15. The summed E-state index contributed by atoms with van der Waals surface area (Å²) in [7, 11) is -3.43. The average Bonchev–Trinajstić information content (AvgIpc) is 2.28. The normalized spacial score (nSPS) is 26.2. The van der Waals surface area contributed by atoms with Gasteiger partial charge >= 0.3 is 0 Å². The fourth-order valence-corrected chi connectivity index (χ4v) is 4.26. The first-order valence-electron chi connectivity index (χ1n) is 6.11. The first-order valence-corrected chi connectivity index (χ1v) is 7.55. The summed E-state index contributed by atoms with van der Waals surface area (Å²) in [6.45, 7) is 6.56. The van der Waals surface area contributed by atoms with Gasteiger partial charge in [0.25, 0.3) is 0 Å². The Bertz CT molecular complexity index is 517. The minimum absolute atomic E-state index is 0.126. The Balaban J connectivity index is 2.41. The lowest BCUT2D eigenvalue weighted by Gasteiger charge is -2.37. The number of hydrogen-bond donors (Lipinski definition) is 0. The summed E-state index contributed by atoms with van der Waals surface area (Å²) in [5.41, 5.74) is 0.949. The largest absolute Gasteiger partial charge is 0.378 e. The third kappa shape index (κ3) is 2.43. The first kappa shape index (κ1) is 13.5. The Morgan fingerprint density at radius 3 is 2.39 bits per heavy atom. The number of rotatable bonds is 2. The topological polar surface area (TPSA) is 46.6 Å². The molecule has 0 bridgehead atoms. The highest BCUT2D eigenvalue weighted by Crippen LogP contribution is 2.24. The highest BCUT2D eigenvalue weighted by Gasteiger charge is 2.36. The molecule has 2 unspecified atom stereocenters. The van der Waals surface area contributed by atoms with E-state index < -0.39 is 10.0 Å². The number of hydrogen-bond acceptors (Lipinski definition) is 3. The van der Waals surface area contributed by atoms with Gasteiger partial charge in [-0.25, -0.2) is 8.42 Å². The van der Waals surface area contributed by atoms with Crippen LogP contribution in [0.25, 0.3) is 0 Å². The lowest BCUT2D eigenvalue weighted by molar-refractivity contribution is 0.00636. The van der Waals surface area contributed by atoms with Crippen molar-refractivity contribution in [2.45, 2.75) is 37.8 Å². The number of benzene rings is 1. The molecule has 4 nitrogen and oxygen atoms in total. The molecule has 18 heavy (non-hydrogen) atoms. The van der Waals surface area contributed by atoms with Gasteiger partial charge in [-0.3, -0.25) is 0 Å². The fourth-order valence-electron chi connectivity index (χ4n) is 2.36. The molecule has 2 atom stereocenters. The predicted octanol–water partition coefficient (Wildman–Crippen LogP) is 1.79. The van der Waals surface area contributed by atoms with Gasteiger partial charge in [0.1, 0.15) is 0 Å². The molecule has 2 rings (SSSR count). The minimum Gasteiger partial charge on any atom is -0.378 e. The molecule has 0 N–H and O–H groups in total. The van der Waals surface area contributed by atoms with Crippen LogP contribution in [0.3, 0.4) is 0 Å². The zero-order valence-electron chi connectivity index (χ0n) is 11.0. The van der Waals surface area contributed by atoms with Gasteiger partial charge in [-0.2, -0.15) is 4.31 Å². The van der Waals surface area contributed by atoms with Crippen molar-refractivity contribution < 1.29 is 13.2 Å². The second-order valence-electron chi connectivity index (χ2n) is 4.89. The molecule has 0 aliphatic carbocycles. The molecular formula is C13H19NO3S. The summed E-state index contributed by atoms with van der Waals surface area (Å²) in [4.78, 5) is 0.364. The van der Waals surface area contributed by atoms with Crippen molar-refractivity contribution in [3.8, 4) is 0 Å².